The van der Waals surface area contributed by atoms with E-state index in [1.807, 2.05) is 19.1 Å². The fourth-order valence-electron chi connectivity index (χ4n) is 2.51. The average Bonchev–Trinajstić information content (AvgIpc) is 2.86. The summed E-state index contributed by atoms with van der Waals surface area (Å²) in [5.41, 5.74) is 2.05. The van der Waals surface area contributed by atoms with Gasteiger partial charge in [-0.15, -0.1) is 0 Å². The van der Waals surface area contributed by atoms with Crippen LogP contribution in [0.4, 0.5) is 9.18 Å². The highest BCUT2D eigenvalue weighted by atomic mass is 32.2. The third-order valence-corrected chi connectivity index (χ3v) is 4.80. The second-order valence-electron chi connectivity index (χ2n) is 5.59. The maximum atomic E-state index is 13.8. The minimum atomic E-state index is -0.436. The van der Waals surface area contributed by atoms with Crippen molar-refractivity contribution in [1.29, 1.82) is 0 Å². The summed E-state index contributed by atoms with van der Waals surface area (Å²) in [7, 11) is 1.58. The van der Waals surface area contributed by atoms with Crippen molar-refractivity contribution in [2.45, 2.75) is 13.5 Å². The number of nitrogens with zero attached hydrogens (tertiary/aromatic N) is 1. The van der Waals surface area contributed by atoms with Gasteiger partial charge < -0.3 is 4.74 Å². The number of methoxy groups -OCH3 is 1. The van der Waals surface area contributed by atoms with Gasteiger partial charge in [0.2, 0.25) is 0 Å². The van der Waals surface area contributed by atoms with Crippen molar-refractivity contribution in [1.82, 2.24) is 4.90 Å². The van der Waals surface area contributed by atoms with Gasteiger partial charge in [-0.1, -0.05) is 30.3 Å². The molecule has 0 unspecified atom stereocenters. The number of ether oxygens (including phenoxy) is 1. The van der Waals surface area contributed by atoms with E-state index >= 15 is 0 Å². The van der Waals surface area contributed by atoms with E-state index in [0.717, 1.165) is 27.8 Å². The molecule has 4 nitrogen and oxygen atoms in total. The zero-order valence-corrected chi connectivity index (χ0v) is 14.6. The van der Waals surface area contributed by atoms with Crippen LogP contribution in [0.3, 0.4) is 0 Å². The molecule has 1 heterocycles. The monoisotopic (exact) mass is 357 g/mol. The fourth-order valence-corrected chi connectivity index (χ4v) is 3.35. The number of rotatable bonds is 4. The lowest BCUT2D eigenvalue weighted by Crippen LogP contribution is -2.27. The smallest absolute Gasteiger partial charge is 0.293 e. The minimum Gasteiger partial charge on any atom is -0.496 e. The van der Waals surface area contributed by atoms with Gasteiger partial charge in [-0.25, -0.2) is 4.39 Å². The van der Waals surface area contributed by atoms with Crippen molar-refractivity contribution in [3.8, 4) is 5.75 Å². The third kappa shape index (κ3) is 3.58. The lowest BCUT2D eigenvalue weighted by molar-refractivity contribution is -0.123. The number of amides is 2. The predicted octanol–water partition coefficient (Wildman–Crippen LogP) is 4.38. The first-order valence-corrected chi connectivity index (χ1v) is 8.44. The summed E-state index contributed by atoms with van der Waals surface area (Å²) in [6, 6.07) is 11.6. The van der Waals surface area contributed by atoms with Crippen molar-refractivity contribution >= 4 is 29.0 Å². The first kappa shape index (κ1) is 17.2. The maximum Gasteiger partial charge on any atom is 0.293 e. The Labute approximate surface area is 149 Å². The Kier molecular flexibility index (Phi) is 4.90. The molecule has 0 N–H and O–H groups in total. The first-order valence-electron chi connectivity index (χ1n) is 7.63. The normalized spacial score (nSPS) is 16.0. The molecular weight excluding hydrogens is 341 g/mol. The molecule has 1 aliphatic rings. The van der Waals surface area contributed by atoms with Crippen LogP contribution in [0.1, 0.15) is 16.7 Å². The summed E-state index contributed by atoms with van der Waals surface area (Å²) in [5, 5.41) is -0.404. The fraction of sp³-hybridized carbons (Fsp3) is 0.158. The predicted molar refractivity (Wildman–Crippen MR) is 95.6 cm³/mol. The van der Waals surface area contributed by atoms with Gasteiger partial charge in [0.25, 0.3) is 11.1 Å². The number of hydrogen-bond acceptors (Lipinski definition) is 4. The Morgan fingerprint density at radius 2 is 1.96 bits per heavy atom. The molecule has 25 heavy (non-hydrogen) atoms. The van der Waals surface area contributed by atoms with Crippen molar-refractivity contribution in [2.24, 2.45) is 0 Å². The number of benzene rings is 2. The Balaban J connectivity index is 1.85. The maximum absolute atomic E-state index is 13.8. The quantitative estimate of drug-likeness (QED) is 0.762. The highest BCUT2D eigenvalue weighted by Gasteiger charge is 2.35. The zero-order valence-electron chi connectivity index (χ0n) is 13.8. The number of thioether (sulfide) groups is 1. The van der Waals surface area contributed by atoms with Crippen molar-refractivity contribution in [2.75, 3.05) is 7.11 Å². The molecule has 1 fully saturated rings. The van der Waals surface area contributed by atoms with Gasteiger partial charge in [0.05, 0.1) is 18.6 Å². The van der Waals surface area contributed by atoms with E-state index in [1.54, 1.807) is 37.5 Å². The lowest BCUT2D eigenvalue weighted by Gasteiger charge is -2.12. The molecule has 128 valence electrons. The summed E-state index contributed by atoms with van der Waals surface area (Å²) in [6.45, 7) is 1.84. The summed E-state index contributed by atoms with van der Waals surface area (Å²) < 4.78 is 19.0. The molecule has 0 aliphatic carbocycles. The Morgan fingerprint density at radius 1 is 1.20 bits per heavy atom. The van der Waals surface area contributed by atoms with Crippen LogP contribution in [0.2, 0.25) is 0 Å². The van der Waals surface area contributed by atoms with Crippen LogP contribution in [-0.2, 0) is 11.3 Å². The van der Waals surface area contributed by atoms with E-state index in [1.165, 1.54) is 6.07 Å². The first-order chi connectivity index (χ1) is 12.0. The van der Waals surface area contributed by atoms with Crippen LogP contribution < -0.4 is 4.74 Å². The molecule has 0 bridgehead atoms. The molecule has 1 aliphatic heterocycles. The van der Waals surface area contributed by atoms with Crippen molar-refractivity contribution in [3.05, 3.63) is 69.9 Å². The zero-order chi connectivity index (χ0) is 18.0. The molecule has 2 aromatic rings. The lowest BCUT2D eigenvalue weighted by atomic mass is 10.1. The summed E-state index contributed by atoms with van der Waals surface area (Å²) >= 11 is 0.855. The Morgan fingerprint density at radius 3 is 2.68 bits per heavy atom. The highest BCUT2D eigenvalue weighted by molar-refractivity contribution is 8.18. The second kappa shape index (κ2) is 7.11. The van der Waals surface area contributed by atoms with Crippen molar-refractivity contribution in [3.63, 3.8) is 0 Å². The number of halogens is 1. The van der Waals surface area contributed by atoms with Crippen LogP contribution in [0.5, 0.6) is 5.75 Å². The standard InChI is InChI=1S/C19H16FNO3S/c1-12-7-8-13(9-16(12)24-2)10-17-18(22)21(19(23)25-17)11-14-5-3-4-6-15(14)20/h3-10H,11H2,1-2H3/b17-10-. The van der Waals surface area contributed by atoms with Crippen LogP contribution in [0.25, 0.3) is 6.08 Å². The van der Waals surface area contributed by atoms with Crippen molar-refractivity contribution < 1.29 is 18.7 Å². The Hall–Kier alpha value is -2.60. The molecule has 2 aromatic carbocycles. The molecule has 0 radical (unpaired) electrons. The number of carbonyl (C=O) groups is 2. The topological polar surface area (TPSA) is 46.6 Å². The number of hydrogen-bond donors (Lipinski definition) is 0. The summed E-state index contributed by atoms with van der Waals surface area (Å²) in [4.78, 5) is 26.0. The van der Waals surface area contributed by atoms with Gasteiger partial charge in [-0.3, -0.25) is 14.5 Å². The molecule has 0 spiro atoms. The van der Waals surface area contributed by atoms with Gasteiger partial charge in [0.1, 0.15) is 11.6 Å². The molecule has 3 rings (SSSR count). The van der Waals surface area contributed by atoms with E-state index < -0.39 is 17.0 Å². The molecule has 0 aromatic heterocycles. The van der Waals surface area contributed by atoms with E-state index in [4.69, 9.17) is 4.74 Å². The third-order valence-electron chi connectivity index (χ3n) is 3.89. The number of imide groups is 1. The van der Waals surface area contributed by atoms with Crippen LogP contribution in [0.15, 0.2) is 47.4 Å². The van der Waals surface area contributed by atoms with E-state index in [2.05, 4.69) is 0 Å². The highest BCUT2D eigenvalue weighted by Crippen LogP contribution is 2.34. The molecule has 1 saturated heterocycles. The molecule has 2 amide bonds. The van der Waals surface area contributed by atoms with Gasteiger partial charge in [0.15, 0.2) is 0 Å². The summed E-state index contributed by atoms with van der Waals surface area (Å²) in [6.07, 6.45) is 1.65. The molecule has 6 heteroatoms. The largest absolute Gasteiger partial charge is 0.496 e. The SMILES string of the molecule is COc1cc(/C=C2\SC(=O)N(Cc3ccccc3F)C2=O)ccc1C. The summed E-state index contributed by atoms with van der Waals surface area (Å²) in [5.74, 6) is -0.147. The molecule has 0 atom stereocenters. The molecule has 0 saturated carbocycles. The van der Waals surface area contributed by atoms with E-state index in [-0.39, 0.29) is 6.54 Å². The van der Waals surface area contributed by atoms with E-state index in [9.17, 15) is 14.0 Å². The van der Waals surface area contributed by atoms with Gasteiger partial charge in [-0.05, 0) is 48.0 Å². The number of aryl methyl sites for hydroxylation is 1. The molecular formula is C19H16FNO3S. The Bertz CT molecular complexity index is 879. The van der Waals surface area contributed by atoms with Gasteiger partial charge in [-0.2, -0.15) is 0 Å². The van der Waals surface area contributed by atoms with Crippen LogP contribution in [-0.4, -0.2) is 23.2 Å². The number of carbonyl (C=O) groups excluding carboxylic acids is 2. The van der Waals surface area contributed by atoms with Gasteiger partial charge in [0, 0.05) is 5.56 Å². The van der Waals surface area contributed by atoms with E-state index in [0.29, 0.717) is 16.2 Å². The van der Waals surface area contributed by atoms with Crippen LogP contribution >= 0.6 is 11.8 Å². The minimum absolute atomic E-state index is 0.0775. The average molecular weight is 357 g/mol. The second-order valence-corrected chi connectivity index (χ2v) is 6.58. The van der Waals surface area contributed by atoms with Gasteiger partial charge >= 0.3 is 0 Å². The van der Waals surface area contributed by atoms with Crippen LogP contribution in [0, 0.1) is 12.7 Å².